The van der Waals surface area contributed by atoms with Gasteiger partial charge >= 0.3 is 0 Å². The molecule has 0 amide bonds. The van der Waals surface area contributed by atoms with Gasteiger partial charge in [-0.25, -0.2) is 9.13 Å². The third kappa shape index (κ3) is 6.45. The fourth-order valence-electron chi connectivity index (χ4n) is 3.09. The van der Waals surface area contributed by atoms with Crippen LogP contribution in [0, 0.1) is 0 Å². The number of hydrogen-bond acceptors (Lipinski definition) is 3. The Kier molecular flexibility index (Phi) is 8.97. The lowest BCUT2D eigenvalue weighted by molar-refractivity contribution is -0.670. The minimum atomic E-state index is 0. The van der Waals surface area contributed by atoms with Crippen molar-refractivity contribution in [2.45, 2.75) is 58.3 Å². The summed E-state index contributed by atoms with van der Waals surface area (Å²) in [5.41, 5.74) is 2.10. The molecule has 0 spiro atoms. The van der Waals surface area contributed by atoms with Gasteiger partial charge in [-0.1, -0.05) is 50.6 Å². The smallest absolute Gasteiger partial charge is 0.248 e. The third-order valence-corrected chi connectivity index (χ3v) is 4.65. The maximum atomic E-state index is 5.41. The lowest BCUT2D eigenvalue weighted by Crippen LogP contribution is -3.00. The maximum Gasteiger partial charge on any atom is 0.248 e. The van der Waals surface area contributed by atoms with Crippen molar-refractivity contribution in [3.63, 3.8) is 0 Å². The van der Waals surface area contributed by atoms with Gasteiger partial charge in [0.1, 0.15) is 18.1 Å². The van der Waals surface area contributed by atoms with Crippen LogP contribution in [0.15, 0.2) is 47.5 Å². The molecule has 5 nitrogen and oxygen atoms in total. The van der Waals surface area contributed by atoms with E-state index < -0.39 is 0 Å². The van der Waals surface area contributed by atoms with Gasteiger partial charge in [-0.15, -0.1) is 0 Å². The van der Waals surface area contributed by atoms with Gasteiger partial charge in [0.15, 0.2) is 0 Å². The largest absolute Gasteiger partial charge is 1.00 e. The molecule has 3 rings (SSSR count). The van der Waals surface area contributed by atoms with Crippen LogP contribution in [0.1, 0.15) is 57.8 Å². The molecule has 6 heteroatoms. The van der Waals surface area contributed by atoms with E-state index in [1.54, 1.807) is 0 Å². The predicted molar refractivity (Wildman–Crippen MR) is 102 cm³/mol. The van der Waals surface area contributed by atoms with Crippen LogP contribution in [0.4, 0.5) is 0 Å². The summed E-state index contributed by atoms with van der Waals surface area (Å²) in [7, 11) is 2.01. The predicted octanol–water partition coefficient (Wildman–Crippen LogP) is 1.65. The molecule has 0 N–H and O–H groups in total. The molecular weight excluding hydrogens is 451 g/mol. The minimum Gasteiger partial charge on any atom is -1.00 e. The molecule has 27 heavy (non-hydrogen) atoms. The van der Waals surface area contributed by atoms with Crippen LogP contribution < -0.4 is 28.5 Å². The van der Waals surface area contributed by atoms with Crippen LogP contribution >= 0.6 is 0 Å². The van der Waals surface area contributed by atoms with Gasteiger partial charge in [-0.05, 0) is 30.7 Å². The van der Waals surface area contributed by atoms with E-state index in [0.717, 1.165) is 30.0 Å². The van der Waals surface area contributed by atoms with Gasteiger partial charge in [0, 0.05) is 12.0 Å². The van der Waals surface area contributed by atoms with Crippen LogP contribution in [-0.2, 0) is 13.5 Å². The molecular formula is C21H29IN4O. The fourth-order valence-corrected chi connectivity index (χ4v) is 3.09. The summed E-state index contributed by atoms with van der Waals surface area (Å²) in [5, 5.41) is 4.14. The Morgan fingerprint density at radius 1 is 1.00 bits per heavy atom. The van der Waals surface area contributed by atoms with E-state index in [9.17, 15) is 0 Å². The zero-order valence-electron chi connectivity index (χ0n) is 16.3. The normalized spacial score (nSPS) is 10.7. The quantitative estimate of drug-likeness (QED) is 0.252. The molecule has 146 valence electrons. The Morgan fingerprint density at radius 3 is 2.37 bits per heavy atom. The Balaban J connectivity index is 0.00000261. The van der Waals surface area contributed by atoms with Crippen LogP contribution in [0.2, 0.25) is 0 Å². The van der Waals surface area contributed by atoms with Gasteiger partial charge < -0.3 is 28.5 Å². The molecule has 0 radical (unpaired) electrons. The molecule has 2 heterocycles. The number of hydrogen-bond donors (Lipinski definition) is 0. The molecule has 0 aliphatic heterocycles. The molecule has 2 aromatic heterocycles. The fraction of sp³-hybridized carbons (Fsp3) is 0.476. The number of halogens is 1. The molecule has 0 fully saturated rings. The summed E-state index contributed by atoms with van der Waals surface area (Å²) in [6.45, 7) is 2.25. The molecule has 0 aliphatic carbocycles. The number of benzene rings is 1. The summed E-state index contributed by atoms with van der Waals surface area (Å²) in [5.74, 6) is 1.42. The van der Waals surface area contributed by atoms with Crippen molar-refractivity contribution in [1.82, 2.24) is 14.7 Å². The lowest BCUT2D eigenvalue weighted by Gasteiger charge is -1.99. The second kappa shape index (κ2) is 11.2. The SMILES string of the molecule is CCCCCCCCCc1nc(-c2ccc(-n3cc[n+](C)c3)cc2)no1.[I-]. The summed E-state index contributed by atoms with van der Waals surface area (Å²) >= 11 is 0. The molecule has 3 aromatic rings. The molecule has 1 aromatic carbocycles. The van der Waals surface area contributed by atoms with Crippen LogP contribution in [-0.4, -0.2) is 14.7 Å². The van der Waals surface area contributed by atoms with Crippen molar-refractivity contribution < 1.29 is 33.1 Å². The topological polar surface area (TPSA) is 47.7 Å². The van der Waals surface area contributed by atoms with Crippen molar-refractivity contribution in [2.24, 2.45) is 7.05 Å². The average Bonchev–Trinajstić information content (AvgIpc) is 3.30. The minimum absolute atomic E-state index is 0. The lowest BCUT2D eigenvalue weighted by atomic mass is 10.1. The van der Waals surface area contributed by atoms with Crippen molar-refractivity contribution in [2.75, 3.05) is 0 Å². The van der Waals surface area contributed by atoms with Gasteiger partial charge in [0.2, 0.25) is 18.0 Å². The number of aromatic nitrogens is 4. The number of rotatable bonds is 10. The van der Waals surface area contributed by atoms with E-state index >= 15 is 0 Å². The summed E-state index contributed by atoms with van der Waals surface area (Å²) in [6, 6.07) is 8.22. The number of nitrogens with zero attached hydrogens (tertiary/aromatic N) is 4. The summed E-state index contributed by atoms with van der Waals surface area (Å²) < 4.78 is 9.51. The zero-order valence-corrected chi connectivity index (χ0v) is 18.4. The second-order valence-electron chi connectivity index (χ2n) is 6.92. The van der Waals surface area contributed by atoms with E-state index in [0.29, 0.717) is 5.82 Å². The Morgan fingerprint density at radius 2 is 1.70 bits per heavy atom. The zero-order chi connectivity index (χ0) is 18.2. The molecule has 0 saturated heterocycles. The van der Waals surface area contributed by atoms with Gasteiger partial charge in [0.05, 0.1) is 7.05 Å². The van der Waals surface area contributed by atoms with Gasteiger partial charge in [-0.2, -0.15) is 4.98 Å². The van der Waals surface area contributed by atoms with Crippen molar-refractivity contribution >= 4 is 0 Å². The van der Waals surface area contributed by atoms with Gasteiger partial charge in [-0.3, -0.25) is 0 Å². The number of imidazole rings is 1. The molecule has 0 atom stereocenters. The first-order valence-electron chi connectivity index (χ1n) is 9.73. The van der Waals surface area contributed by atoms with E-state index in [4.69, 9.17) is 4.52 Å². The highest BCUT2D eigenvalue weighted by Crippen LogP contribution is 2.19. The van der Waals surface area contributed by atoms with Crippen molar-refractivity contribution in [1.29, 1.82) is 0 Å². The maximum absolute atomic E-state index is 5.41. The first-order valence-corrected chi connectivity index (χ1v) is 9.73. The first kappa shape index (κ1) is 21.6. The number of aryl methyl sites for hydroxylation is 2. The van der Waals surface area contributed by atoms with E-state index in [-0.39, 0.29) is 24.0 Å². The van der Waals surface area contributed by atoms with Crippen LogP contribution in [0.3, 0.4) is 0 Å². The van der Waals surface area contributed by atoms with E-state index in [1.165, 1.54) is 38.5 Å². The summed E-state index contributed by atoms with van der Waals surface area (Å²) in [6.07, 6.45) is 16.0. The molecule has 0 saturated carbocycles. The van der Waals surface area contributed by atoms with E-state index in [2.05, 4.69) is 33.8 Å². The van der Waals surface area contributed by atoms with Crippen molar-refractivity contribution in [3.8, 4) is 17.1 Å². The average molecular weight is 480 g/mol. The molecule has 0 bridgehead atoms. The standard InChI is InChI=1S/C21H29N4O.HI/c1-3-4-5-6-7-8-9-10-20-22-21(23-26-20)18-11-13-19(14-12-18)25-16-15-24(2)17-25;/h11-17H,3-10H2,1-2H3;1H/q+1;/p-1. The van der Waals surface area contributed by atoms with Crippen LogP contribution in [0.5, 0.6) is 0 Å². The first-order chi connectivity index (χ1) is 12.8. The second-order valence-corrected chi connectivity index (χ2v) is 6.92. The van der Waals surface area contributed by atoms with E-state index in [1.807, 2.05) is 42.5 Å². The number of unbranched alkanes of at least 4 members (excludes halogenated alkanes) is 6. The molecule has 0 aliphatic rings. The summed E-state index contributed by atoms with van der Waals surface area (Å²) in [4.78, 5) is 4.55. The Bertz CT molecular complexity index is 795. The highest BCUT2D eigenvalue weighted by atomic mass is 127. The van der Waals surface area contributed by atoms with Crippen molar-refractivity contribution in [3.05, 3.63) is 48.9 Å². The highest BCUT2D eigenvalue weighted by molar-refractivity contribution is 5.56. The monoisotopic (exact) mass is 480 g/mol. The van der Waals surface area contributed by atoms with Gasteiger partial charge in [0.25, 0.3) is 0 Å². The third-order valence-electron chi connectivity index (χ3n) is 4.65. The Hall–Kier alpha value is -1.70. The Labute approximate surface area is 178 Å². The molecule has 0 unspecified atom stereocenters. The van der Waals surface area contributed by atoms with Crippen LogP contribution in [0.25, 0.3) is 17.1 Å². The highest BCUT2D eigenvalue weighted by Gasteiger charge is 2.10.